The summed E-state index contributed by atoms with van der Waals surface area (Å²) in [5, 5.41) is 13.1. The summed E-state index contributed by atoms with van der Waals surface area (Å²) in [6, 6.07) is 9.64. The smallest absolute Gasteiger partial charge is 0.410 e. The Balaban J connectivity index is 1.58. The lowest BCUT2D eigenvalue weighted by molar-refractivity contribution is -0.917. The summed E-state index contributed by atoms with van der Waals surface area (Å²) < 4.78 is 10.5. The van der Waals surface area contributed by atoms with E-state index in [2.05, 4.69) is 0 Å². The van der Waals surface area contributed by atoms with Crippen LogP contribution in [0.5, 0.6) is 5.75 Å². The second-order valence-electron chi connectivity index (χ2n) is 7.99. The van der Waals surface area contributed by atoms with Crippen LogP contribution in [0.1, 0.15) is 22.8 Å². The van der Waals surface area contributed by atoms with Gasteiger partial charge in [0.25, 0.3) is 5.91 Å². The van der Waals surface area contributed by atoms with E-state index in [9.17, 15) is 14.7 Å². The number of fused-ring (bicyclic) bond motifs is 1. The van der Waals surface area contributed by atoms with Crippen LogP contribution in [0.25, 0.3) is 10.8 Å². The van der Waals surface area contributed by atoms with E-state index < -0.39 is 0 Å². The normalized spacial score (nSPS) is 17.7. The maximum atomic E-state index is 13.1. The van der Waals surface area contributed by atoms with Crippen molar-refractivity contribution in [2.45, 2.75) is 13.5 Å². The number of phenols is 1. The van der Waals surface area contributed by atoms with Gasteiger partial charge in [0.2, 0.25) is 0 Å². The third-order valence-corrected chi connectivity index (χ3v) is 6.08. The van der Waals surface area contributed by atoms with Crippen LogP contribution in [0.2, 0.25) is 0 Å². The SMILES string of the molecule is CCOC(=O)N1CC[NH+](Cc2c(O)c(C(=O)N3CCOCC3)cc3ccccc23)CC1. The lowest BCUT2D eigenvalue weighted by atomic mass is 9.97. The van der Waals surface area contributed by atoms with Gasteiger partial charge in [-0.3, -0.25) is 9.69 Å². The van der Waals surface area contributed by atoms with E-state index in [4.69, 9.17) is 9.47 Å². The minimum absolute atomic E-state index is 0.0653. The van der Waals surface area contributed by atoms with Crippen molar-refractivity contribution in [3.63, 3.8) is 0 Å². The third-order valence-electron chi connectivity index (χ3n) is 6.08. The quantitative estimate of drug-likeness (QED) is 0.755. The standard InChI is InChI=1S/C23H29N3O5/c1-2-31-23(29)26-9-7-24(8-10-26)16-20-18-6-4-3-5-17(18)15-19(21(20)27)22(28)25-11-13-30-14-12-25/h3-6,15,27H,2,7-14,16H2,1H3/p+1. The van der Waals surface area contributed by atoms with Gasteiger partial charge in [-0.25, -0.2) is 4.79 Å². The zero-order valence-electron chi connectivity index (χ0n) is 17.9. The first-order chi connectivity index (χ1) is 15.1. The molecule has 4 rings (SSSR count). The second-order valence-corrected chi connectivity index (χ2v) is 7.99. The fraction of sp³-hybridized carbons (Fsp3) is 0.478. The molecule has 2 fully saturated rings. The van der Waals surface area contributed by atoms with Crippen LogP contribution in [-0.4, -0.2) is 86.0 Å². The first-order valence-corrected chi connectivity index (χ1v) is 10.9. The highest BCUT2D eigenvalue weighted by Crippen LogP contribution is 2.32. The van der Waals surface area contributed by atoms with Crippen LogP contribution in [0.3, 0.4) is 0 Å². The van der Waals surface area contributed by atoms with Gasteiger partial charge in [-0.2, -0.15) is 0 Å². The van der Waals surface area contributed by atoms with E-state index in [1.54, 1.807) is 22.8 Å². The predicted octanol–water partition coefficient (Wildman–Crippen LogP) is 0.875. The summed E-state index contributed by atoms with van der Waals surface area (Å²) in [6.45, 7) is 7.59. The molecule has 0 saturated carbocycles. The molecule has 2 aromatic rings. The number of hydrogen-bond acceptors (Lipinski definition) is 5. The molecule has 2 aromatic carbocycles. The van der Waals surface area contributed by atoms with E-state index >= 15 is 0 Å². The summed E-state index contributed by atoms with van der Waals surface area (Å²) in [5.74, 6) is -0.0922. The summed E-state index contributed by atoms with van der Waals surface area (Å²) in [6.07, 6.45) is -0.270. The number of aromatic hydroxyl groups is 1. The molecule has 2 heterocycles. The van der Waals surface area contributed by atoms with Crippen molar-refractivity contribution >= 4 is 22.8 Å². The predicted molar refractivity (Wildman–Crippen MR) is 115 cm³/mol. The number of hydrogen-bond donors (Lipinski definition) is 2. The minimum Gasteiger partial charge on any atom is -0.507 e. The van der Waals surface area contributed by atoms with Gasteiger partial charge in [-0.05, 0) is 23.8 Å². The van der Waals surface area contributed by atoms with Crippen LogP contribution in [0, 0.1) is 0 Å². The highest BCUT2D eigenvalue weighted by Gasteiger charge is 2.28. The van der Waals surface area contributed by atoms with Gasteiger partial charge in [-0.15, -0.1) is 0 Å². The number of carbonyl (C=O) groups excluding carboxylic acids is 2. The number of nitrogens with one attached hydrogen (secondary N) is 1. The van der Waals surface area contributed by atoms with Crippen LogP contribution < -0.4 is 4.90 Å². The summed E-state index contributed by atoms with van der Waals surface area (Å²) in [5.41, 5.74) is 1.13. The molecular formula is C23H30N3O5+. The van der Waals surface area contributed by atoms with Gasteiger partial charge >= 0.3 is 6.09 Å². The molecular weight excluding hydrogens is 398 g/mol. The average molecular weight is 429 g/mol. The molecule has 8 heteroatoms. The van der Waals surface area contributed by atoms with E-state index in [-0.39, 0.29) is 17.7 Å². The first kappa shape index (κ1) is 21.4. The van der Waals surface area contributed by atoms with Crippen molar-refractivity contribution in [2.75, 3.05) is 59.1 Å². The molecule has 166 valence electrons. The van der Waals surface area contributed by atoms with Crippen molar-refractivity contribution in [1.29, 1.82) is 0 Å². The molecule has 0 spiro atoms. The second kappa shape index (κ2) is 9.53. The average Bonchev–Trinajstić information content (AvgIpc) is 2.81. The van der Waals surface area contributed by atoms with Crippen LogP contribution in [0.15, 0.2) is 30.3 Å². The number of ether oxygens (including phenoxy) is 2. The molecule has 31 heavy (non-hydrogen) atoms. The number of phenolic OH excluding ortho intramolecular Hbond substituents is 1. The maximum Gasteiger partial charge on any atom is 0.410 e. The number of benzene rings is 2. The van der Waals surface area contributed by atoms with Gasteiger partial charge < -0.3 is 24.4 Å². The first-order valence-electron chi connectivity index (χ1n) is 10.9. The maximum absolute atomic E-state index is 13.1. The molecule has 2 aliphatic heterocycles. The topological polar surface area (TPSA) is 83.8 Å². The van der Waals surface area contributed by atoms with Gasteiger partial charge in [0.05, 0.1) is 57.1 Å². The van der Waals surface area contributed by atoms with Gasteiger partial charge in [0.1, 0.15) is 12.3 Å². The van der Waals surface area contributed by atoms with E-state index in [1.165, 1.54) is 4.90 Å². The molecule has 0 radical (unpaired) electrons. The minimum atomic E-state index is -0.270. The lowest BCUT2D eigenvalue weighted by Gasteiger charge is -2.32. The Morgan fingerprint density at radius 1 is 1.10 bits per heavy atom. The van der Waals surface area contributed by atoms with Crippen molar-refractivity contribution < 1.29 is 29.1 Å². The van der Waals surface area contributed by atoms with Crippen molar-refractivity contribution in [2.24, 2.45) is 0 Å². The number of amides is 2. The molecule has 0 unspecified atom stereocenters. The van der Waals surface area contributed by atoms with Crippen molar-refractivity contribution in [1.82, 2.24) is 9.80 Å². The molecule has 8 nitrogen and oxygen atoms in total. The number of rotatable bonds is 4. The van der Waals surface area contributed by atoms with Crippen LogP contribution in [-0.2, 0) is 16.0 Å². The largest absolute Gasteiger partial charge is 0.507 e. The fourth-order valence-electron chi connectivity index (χ4n) is 4.34. The van der Waals surface area contributed by atoms with Crippen LogP contribution >= 0.6 is 0 Å². The number of nitrogens with zero attached hydrogens (tertiary/aromatic N) is 2. The molecule has 2 amide bonds. The molecule has 0 aliphatic carbocycles. The number of carbonyl (C=O) groups is 2. The van der Waals surface area contributed by atoms with E-state index in [0.29, 0.717) is 58.1 Å². The summed E-state index contributed by atoms with van der Waals surface area (Å²) in [7, 11) is 0. The fourth-order valence-corrected chi connectivity index (χ4v) is 4.34. The molecule has 0 atom stereocenters. The molecule has 0 bridgehead atoms. The zero-order valence-corrected chi connectivity index (χ0v) is 17.9. The van der Waals surface area contributed by atoms with Gasteiger partial charge in [0.15, 0.2) is 0 Å². The summed E-state index contributed by atoms with van der Waals surface area (Å²) >= 11 is 0. The highest BCUT2D eigenvalue weighted by atomic mass is 16.6. The number of morpholine rings is 1. The zero-order chi connectivity index (χ0) is 21.8. The Kier molecular flexibility index (Phi) is 6.58. The van der Waals surface area contributed by atoms with Gasteiger partial charge in [-0.1, -0.05) is 24.3 Å². The Morgan fingerprint density at radius 3 is 2.52 bits per heavy atom. The Morgan fingerprint density at radius 2 is 1.81 bits per heavy atom. The Bertz CT molecular complexity index is 950. The van der Waals surface area contributed by atoms with Crippen molar-refractivity contribution in [3.8, 4) is 5.75 Å². The number of piperazine rings is 1. The summed E-state index contributed by atoms with van der Waals surface area (Å²) in [4.78, 5) is 29.8. The van der Waals surface area contributed by atoms with Crippen molar-refractivity contribution in [3.05, 3.63) is 41.5 Å². The number of quaternary nitrogens is 1. The molecule has 2 aliphatic rings. The third kappa shape index (κ3) is 4.60. The lowest BCUT2D eigenvalue weighted by Crippen LogP contribution is -3.13. The molecule has 2 saturated heterocycles. The van der Waals surface area contributed by atoms with E-state index in [1.807, 2.05) is 24.3 Å². The van der Waals surface area contributed by atoms with Crippen LogP contribution in [0.4, 0.5) is 4.79 Å². The highest BCUT2D eigenvalue weighted by molar-refractivity contribution is 6.03. The monoisotopic (exact) mass is 428 g/mol. The Hall–Kier alpha value is -2.84. The molecule has 2 N–H and O–H groups in total. The Labute approximate surface area is 181 Å². The van der Waals surface area contributed by atoms with Gasteiger partial charge in [0, 0.05) is 13.1 Å². The molecule has 0 aromatic heterocycles. The van der Waals surface area contributed by atoms with E-state index in [0.717, 1.165) is 29.4 Å².